The lowest BCUT2D eigenvalue weighted by Gasteiger charge is -2.37. The average molecular weight is 248 g/mol. The molecule has 2 unspecified atom stereocenters. The smallest absolute Gasteiger partial charge is 0.123 e. The molecule has 0 saturated carbocycles. The number of piperidine rings is 1. The van der Waals surface area contributed by atoms with Gasteiger partial charge in [0.15, 0.2) is 0 Å². The Labute approximate surface area is 110 Å². The number of rotatable bonds is 4. The van der Waals surface area contributed by atoms with Gasteiger partial charge >= 0.3 is 0 Å². The molecule has 1 aliphatic rings. The molecule has 2 rings (SSSR count). The Hall–Kier alpha value is -1.06. The molecule has 1 heterocycles. The number of hydrogen-bond donors (Lipinski definition) is 1. The number of nitrogens with zero attached hydrogens (tertiary/aromatic N) is 1. The Morgan fingerprint density at radius 2 is 2.22 bits per heavy atom. The highest BCUT2D eigenvalue weighted by molar-refractivity contribution is 5.36. The minimum absolute atomic E-state index is 0.281. The van der Waals surface area contributed by atoms with Crippen LogP contribution in [0.5, 0.6) is 5.75 Å². The zero-order chi connectivity index (χ0) is 13.0. The monoisotopic (exact) mass is 248 g/mol. The number of benzene rings is 1. The predicted octanol–water partition coefficient (Wildman–Crippen LogP) is 2.43. The van der Waals surface area contributed by atoms with E-state index in [1.54, 1.807) is 7.11 Å². The standard InChI is InChI=1S/C15H24N2O/c1-12-6-5-9-17(11-12)14(10-16)13-7-3-4-8-15(13)18-2/h3-4,7-8,12,14H,5-6,9-11,16H2,1-2H3. The fourth-order valence-electron chi connectivity index (χ4n) is 2.92. The van der Waals surface area contributed by atoms with Crippen LogP contribution in [-0.4, -0.2) is 31.6 Å². The third kappa shape index (κ3) is 2.85. The van der Waals surface area contributed by atoms with Gasteiger partial charge in [0.25, 0.3) is 0 Å². The van der Waals surface area contributed by atoms with Crippen LogP contribution in [0.3, 0.4) is 0 Å². The first-order chi connectivity index (χ1) is 8.76. The summed E-state index contributed by atoms with van der Waals surface area (Å²) in [6.07, 6.45) is 2.60. The molecule has 2 N–H and O–H groups in total. The largest absolute Gasteiger partial charge is 0.496 e. The molecular formula is C15H24N2O. The quantitative estimate of drug-likeness (QED) is 0.889. The van der Waals surface area contributed by atoms with Gasteiger partial charge in [0.05, 0.1) is 13.2 Å². The summed E-state index contributed by atoms with van der Waals surface area (Å²) in [7, 11) is 1.73. The molecule has 0 spiro atoms. The van der Waals surface area contributed by atoms with E-state index in [0.29, 0.717) is 6.54 Å². The molecule has 1 saturated heterocycles. The second-order valence-corrected chi connectivity index (χ2v) is 5.24. The third-order valence-corrected chi connectivity index (χ3v) is 3.85. The predicted molar refractivity (Wildman–Crippen MR) is 74.8 cm³/mol. The fraction of sp³-hybridized carbons (Fsp3) is 0.600. The summed E-state index contributed by atoms with van der Waals surface area (Å²) in [6, 6.07) is 8.51. The van der Waals surface area contributed by atoms with Crippen molar-refractivity contribution in [3.05, 3.63) is 29.8 Å². The van der Waals surface area contributed by atoms with E-state index in [1.807, 2.05) is 12.1 Å². The Kier molecular flexibility index (Phi) is 4.61. The SMILES string of the molecule is COc1ccccc1C(CN)N1CCCC(C)C1. The van der Waals surface area contributed by atoms with E-state index in [2.05, 4.69) is 24.0 Å². The second kappa shape index (κ2) is 6.21. The maximum absolute atomic E-state index is 6.01. The molecule has 1 aliphatic heterocycles. The van der Waals surface area contributed by atoms with Crippen molar-refractivity contribution in [2.45, 2.75) is 25.8 Å². The number of methoxy groups -OCH3 is 1. The van der Waals surface area contributed by atoms with Gasteiger partial charge in [-0.25, -0.2) is 0 Å². The van der Waals surface area contributed by atoms with Crippen LogP contribution in [0.15, 0.2) is 24.3 Å². The van der Waals surface area contributed by atoms with Gasteiger partial charge in [-0.15, -0.1) is 0 Å². The summed E-state index contributed by atoms with van der Waals surface area (Å²) in [4.78, 5) is 2.51. The summed E-state index contributed by atoms with van der Waals surface area (Å²) >= 11 is 0. The van der Waals surface area contributed by atoms with Crippen LogP contribution in [-0.2, 0) is 0 Å². The van der Waals surface area contributed by atoms with Gasteiger partial charge in [-0.2, -0.15) is 0 Å². The number of hydrogen-bond acceptors (Lipinski definition) is 3. The topological polar surface area (TPSA) is 38.5 Å². The molecule has 100 valence electrons. The molecule has 0 bridgehead atoms. The van der Waals surface area contributed by atoms with E-state index in [0.717, 1.165) is 24.8 Å². The Morgan fingerprint density at radius 3 is 2.89 bits per heavy atom. The maximum atomic E-state index is 6.01. The second-order valence-electron chi connectivity index (χ2n) is 5.24. The molecule has 18 heavy (non-hydrogen) atoms. The molecule has 0 amide bonds. The molecule has 1 aromatic carbocycles. The van der Waals surface area contributed by atoms with Gasteiger partial charge in [-0.05, 0) is 31.4 Å². The van der Waals surface area contributed by atoms with Crippen LogP contribution in [0.2, 0.25) is 0 Å². The van der Waals surface area contributed by atoms with Crippen LogP contribution in [0.25, 0.3) is 0 Å². The number of nitrogens with two attached hydrogens (primary N) is 1. The summed E-state index contributed by atoms with van der Waals surface area (Å²) in [6.45, 7) is 5.25. The van der Waals surface area contributed by atoms with Crippen molar-refractivity contribution in [1.82, 2.24) is 4.90 Å². The molecule has 2 atom stereocenters. The van der Waals surface area contributed by atoms with Gasteiger partial charge in [-0.1, -0.05) is 25.1 Å². The van der Waals surface area contributed by atoms with Gasteiger partial charge in [0, 0.05) is 18.7 Å². The molecule has 3 heteroatoms. The number of ether oxygens (including phenoxy) is 1. The van der Waals surface area contributed by atoms with Gasteiger partial charge < -0.3 is 10.5 Å². The highest BCUT2D eigenvalue weighted by Crippen LogP contribution is 2.31. The fourth-order valence-corrected chi connectivity index (χ4v) is 2.92. The van der Waals surface area contributed by atoms with E-state index in [9.17, 15) is 0 Å². The van der Waals surface area contributed by atoms with Crippen molar-refractivity contribution >= 4 is 0 Å². The van der Waals surface area contributed by atoms with Crippen LogP contribution < -0.4 is 10.5 Å². The minimum Gasteiger partial charge on any atom is -0.496 e. The zero-order valence-electron chi connectivity index (χ0n) is 11.4. The van der Waals surface area contributed by atoms with Gasteiger partial charge in [-0.3, -0.25) is 4.90 Å². The zero-order valence-corrected chi connectivity index (χ0v) is 11.4. The highest BCUT2D eigenvalue weighted by Gasteiger charge is 2.25. The third-order valence-electron chi connectivity index (χ3n) is 3.85. The summed E-state index contributed by atoms with van der Waals surface area (Å²) < 4.78 is 5.46. The molecule has 3 nitrogen and oxygen atoms in total. The van der Waals surface area contributed by atoms with Gasteiger partial charge in [0.1, 0.15) is 5.75 Å². The first kappa shape index (κ1) is 13.4. The van der Waals surface area contributed by atoms with Crippen molar-refractivity contribution < 1.29 is 4.74 Å². The number of likely N-dealkylation sites (tertiary alicyclic amines) is 1. The summed E-state index contributed by atoms with van der Waals surface area (Å²) in [5.41, 5.74) is 7.23. The summed E-state index contributed by atoms with van der Waals surface area (Å²) in [5.74, 6) is 1.72. The molecular weight excluding hydrogens is 224 g/mol. The van der Waals surface area contributed by atoms with Crippen molar-refractivity contribution in [3.8, 4) is 5.75 Å². The maximum Gasteiger partial charge on any atom is 0.123 e. The van der Waals surface area contributed by atoms with Gasteiger partial charge in [0.2, 0.25) is 0 Å². The molecule has 1 aromatic rings. The van der Waals surface area contributed by atoms with E-state index in [4.69, 9.17) is 10.5 Å². The lowest BCUT2D eigenvalue weighted by molar-refractivity contribution is 0.131. The molecule has 0 aliphatic carbocycles. The Morgan fingerprint density at radius 1 is 1.44 bits per heavy atom. The lowest BCUT2D eigenvalue weighted by Crippen LogP contribution is -2.40. The van der Waals surface area contributed by atoms with Crippen molar-refractivity contribution in [2.75, 3.05) is 26.7 Å². The first-order valence-electron chi connectivity index (χ1n) is 6.83. The van der Waals surface area contributed by atoms with Crippen LogP contribution in [0.1, 0.15) is 31.4 Å². The molecule has 0 radical (unpaired) electrons. The molecule has 0 aromatic heterocycles. The van der Waals surface area contributed by atoms with Crippen molar-refractivity contribution in [2.24, 2.45) is 11.7 Å². The highest BCUT2D eigenvalue weighted by atomic mass is 16.5. The van der Waals surface area contributed by atoms with Crippen LogP contribution >= 0.6 is 0 Å². The number of para-hydroxylation sites is 1. The average Bonchev–Trinajstić information content (AvgIpc) is 2.40. The van der Waals surface area contributed by atoms with E-state index in [1.165, 1.54) is 18.4 Å². The van der Waals surface area contributed by atoms with Crippen molar-refractivity contribution in [3.63, 3.8) is 0 Å². The van der Waals surface area contributed by atoms with E-state index < -0.39 is 0 Å². The summed E-state index contributed by atoms with van der Waals surface area (Å²) in [5, 5.41) is 0. The minimum atomic E-state index is 0.281. The van der Waals surface area contributed by atoms with E-state index >= 15 is 0 Å². The lowest BCUT2D eigenvalue weighted by atomic mass is 9.96. The Balaban J connectivity index is 2.21. The van der Waals surface area contributed by atoms with Crippen LogP contribution in [0.4, 0.5) is 0 Å². The van der Waals surface area contributed by atoms with Crippen LogP contribution in [0, 0.1) is 5.92 Å². The normalized spacial score (nSPS) is 22.7. The first-order valence-corrected chi connectivity index (χ1v) is 6.83. The van der Waals surface area contributed by atoms with E-state index in [-0.39, 0.29) is 6.04 Å². The van der Waals surface area contributed by atoms with Crippen molar-refractivity contribution in [1.29, 1.82) is 0 Å². The Bertz CT molecular complexity index is 381. The molecule has 1 fully saturated rings.